The van der Waals surface area contributed by atoms with E-state index in [-0.39, 0.29) is 13.2 Å². The van der Waals surface area contributed by atoms with Crippen molar-refractivity contribution in [3.63, 3.8) is 0 Å². The molecular weight excluding hydrogens is 264 g/mol. The third-order valence-corrected chi connectivity index (χ3v) is 3.25. The molecule has 0 heterocycles. The van der Waals surface area contributed by atoms with Crippen LogP contribution in [0.2, 0.25) is 0 Å². The Balaban J connectivity index is 1.88. The first kappa shape index (κ1) is 15.5. The third kappa shape index (κ3) is 5.21. The fourth-order valence-corrected chi connectivity index (χ4v) is 2.08. The number of ether oxygens (including phenoxy) is 2. The molecule has 0 fully saturated rings. The molecule has 3 heteroatoms. The highest BCUT2D eigenvalue weighted by Gasteiger charge is 2.04. The van der Waals surface area contributed by atoms with E-state index in [0.717, 1.165) is 12.2 Å². The van der Waals surface area contributed by atoms with Crippen molar-refractivity contribution >= 4 is 0 Å². The minimum absolute atomic E-state index is 0.241. The van der Waals surface area contributed by atoms with Crippen molar-refractivity contribution in [3.05, 3.63) is 65.2 Å². The molecule has 3 nitrogen and oxygen atoms in total. The molecule has 112 valence electrons. The summed E-state index contributed by atoms with van der Waals surface area (Å²) in [5, 5.41) is 9.53. The Kier molecular flexibility index (Phi) is 5.78. The lowest BCUT2D eigenvalue weighted by atomic mass is 10.0. The lowest BCUT2D eigenvalue weighted by molar-refractivity contribution is 0.0325. The van der Waals surface area contributed by atoms with E-state index in [0.29, 0.717) is 0 Å². The summed E-state index contributed by atoms with van der Waals surface area (Å²) >= 11 is 0. The van der Waals surface area contributed by atoms with Gasteiger partial charge in [-0.15, -0.1) is 0 Å². The Morgan fingerprint density at radius 2 is 1.48 bits per heavy atom. The van der Waals surface area contributed by atoms with Gasteiger partial charge in [-0.1, -0.05) is 42.0 Å². The summed E-state index contributed by atoms with van der Waals surface area (Å²) in [5.74, 6) is 0.762. The average molecular weight is 286 g/mol. The maximum Gasteiger partial charge on any atom is 0.119 e. The second kappa shape index (κ2) is 7.81. The van der Waals surface area contributed by atoms with E-state index in [1.807, 2.05) is 12.1 Å². The van der Waals surface area contributed by atoms with Crippen LogP contribution in [0.5, 0.6) is 5.75 Å². The molecule has 0 aliphatic heterocycles. The number of methoxy groups -OCH3 is 1. The van der Waals surface area contributed by atoms with Crippen LogP contribution in [0.25, 0.3) is 0 Å². The van der Waals surface area contributed by atoms with Crippen LogP contribution >= 0.6 is 0 Å². The van der Waals surface area contributed by atoms with Crippen LogP contribution in [0.15, 0.2) is 48.5 Å². The van der Waals surface area contributed by atoms with E-state index in [1.54, 1.807) is 7.11 Å². The van der Waals surface area contributed by atoms with Crippen molar-refractivity contribution in [2.45, 2.75) is 19.4 Å². The highest BCUT2D eigenvalue weighted by molar-refractivity contribution is 5.32. The molecule has 0 saturated heterocycles. The summed E-state index contributed by atoms with van der Waals surface area (Å²) in [6.07, 6.45) is 0.314. The first-order valence-electron chi connectivity index (χ1n) is 7.11. The molecule has 0 saturated carbocycles. The van der Waals surface area contributed by atoms with Gasteiger partial charge in [0, 0.05) is 7.11 Å². The predicted molar refractivity (Wildman–Crippen MR) is 83.8 cm³/mol. The van der Waals surface area contributed by atoms with Crippen LogP contribution in [0.3, 0.4) is 0 Å². The maximum atomic E-state index is 9.53. The SMILES string of the molecule is COCC(O)COc1ccc(Cc2ccc(C)cc2)cc1. The Bertz CT molecular complexity index is 531. The van der Waals surface area contributed by atoms with Crippen LogP contribution in [-0.4, -0.2) is 31.5 Å². The number of hydrogen-bond acceptors (Lipinski definition) is 3. The van der Waals surface area contributed by atoms with Crippen molar-refractivity contribution in [2.75, 3.05) is 20.3 Å². The standard InChI is InChI=1S/C18H22O3/c1-14-3-5-15(6-4-14)11-16-7-9-18(10-8-16)21-13-17(19)12-20-2/h3-10,17,19H,11-13H2,1-2H3. The monoisotopic (exact) mass is 286 g/mol. The van der Waals surface area contributed by atoms with Gasteiger partial charge in [-0.2, -0.15) is 0 Å². The molecule has 2 aromatic rings. The molecule has 0 radical (unpaired) electrons. The molecular formula is C18H22O3. The Morgan fingerprint density at radius 3 is 2.05 bits per heavy atom. The summed E-state index contributed by atoms with van der Waals surface area (Å²) in [7, 11) is 1.56. The Morgan fingerprint density at radius 1 is 0.905 bits per heavy atom. The number of aliphatic hydroxyl groups is 1. The van der Waals surface area contributed by atoms with E-state index in [1.165, 1.54) is 16.7 Å². The van der Waals surface area contributed by atoms with Crippen molar-refractivity contribution in [3.8, 4) is 5.75 Å². The maximum absolute atomic E-state index is 9.53. The summed E-state index contributed by atoms with van der Waals surface area (Å²) < 4.78 is 10.4. The van der Waals surface area contributed by atoms with E-state index in [2.05, 4.69) is 43.3 Å². The first-order valence-corrected chi connectivity index (χ1v) is 7.11. The zero-order chi connectivity index (χ0) is 15.1. The molecule has 1 atom stereocenters. The highest BCUT2D eigenvalue weighted by Crippen LogP contribution is 2.16. The Labute approximate surface area is 126 Å². The van der Waals surface area contributed by atoms with Crippen LogP contribution < -0.4 is 4.74 Å². The average Bonchev–Trinajstić information content (AvgIpc) is 2.49. The van der Waals surface area contributed by atoms with Crippen molar-refractivity contribution in [1.82, 2.24) is 0 Å². The van der Waals surface area contributed by atoms with Gasteiger partial charge in [0.1, 0.15) is 18.5 Å². The van der Waals surface area contributed by atoms with Crippen molar-refractivity contribution in [1.29, 1.82) is 0 Å². The molecule has 2 aromatic carbocycles. The van der Waals surface area contributed by atoms with E-state index >= 15 is 0 Å². The van der Waals surface area contributed by atoms with E-state index in [9.17, 15) is 5.11 Å². The topological polar surface area (TPSA) is 38.7 Å². The molecule has 2 rings (SSSR count). The number of aliphatic hydroxyl groups excluding tert-OH is 1. The normalized spacial score (nSPS) is 12.1. The summed E-state index contributed by atoms with van der Waals surface area (Å²) in [6, 6.07) is 16.5. The largest absolute Gasteiger partial charge is 0.491 e. The van der Waals surface area contributed by atoms with Gasteiger partial charge < -0.3 is 14.6 Å². The zero-order valence-electron chi connectivity index (χ0n) is 12.6. The van der Waals surface area contributed by atoms with Gasteiger partial charge in [0.05, 0.1) is 6.61 Å². The third-order valence-electron chi connectivity index (χ3n) is 3.25. The van der Waals surface area contributed by atoms with Gasteiger partial charge in [0.2, 0.25) is 0 Å². The van der Waals surface area contributed by atoms with Gasteiger partial charge >= 0.3 is 0 Å². The second-order valence-corrected chi connectivity index (χ2v) is 5.23. The Hall–Kier alpha value is -1.84. The van der Waals surface area contributed by atoms with Crippen LogP contribution in [0, 0.1) is 6.92 Å². The van der Waals surface area contributed by atoms with Gasteiger partial charge in [-0.25, -0.2) is 0 Å². The lowest BCUT2D eigenvalue weighted by Crippen LogP contribution is -2.22. The van der Waals surface area contributed by atoms with Crippen molar-refractivity contribution in [2.24, 2.45) is 0 Å². The van der Waals surface area contributed by atoms with Gasteiger partial charge in [0.25, 0.3) is 0 Å². The van der Waals surface area contributed by atoms with Crippen molar-refractivity contribution < 1.29 is 14.6 Å². The fraction of sp³-hybridized carbons (Fsp3) is 0.333. The quantitative estimate of drug-likeness (QED) is 0.850. The van der Waals surface area contributed by atoms with Gasteiger partial charge in [-0.05, 0) is 36.6 Å². The van der Waals surface area contributed by atoms with Gasteiger partial charge in [-0.3, -0.25) is 0 Å². The van der Waals surface area contributed by atoms with Crippen LogP contribution in [-0.2, 0) is 11.2 Å². The smallest absolute Gasteiger partial charge is 0.119 e. The van der Waals surface area contributed by atoms with E-state index in [4.69, 9.17) is 9.47 Å². The zero-order valence-corrected chi connectivity index (χ0v) is 12.6. The number of hydrogen-bond donors (Lipinski definition) is 1. The second-order valence-electron chi connectivity index (χ2n) is 5.23. The molecule has 1 unspecified atom stereocenters. The molecule has 0 spiro atoms. The molecule has 0 aliphatic rings. The summed E-state index contributed by atoms with van der Waals surface area (Å²) in [6.45, 7) is 2.62. The predicted octanol–water partition coefficient (Wildman–Crippen LogP) is 2.97. The van der Waals surface area contributed by atoms with Crippen LogP contribution in [0.4, 0.5) is 0 Å². The summed E-state index contributed by atoms with van der Waals surface area (Å²) in [5.41, 5.74) is 3.81. The molecule has 0 aromatic heterocycles. The number of benzene rings is 2. The number of aryl methyl sites for hydroxylation is 1. The van der Waals surface area contributed by atoms with Crippen LogP contribution in [0.1, 0.15) is 16.7 Å². The summed E-state index contributed by atoms with van der Waals surface area (Å²) in [4.78, 5) is 0. The molecule has 1 N–H and O–H groups in total. The van der Waals surface area contributed by atoms with Gasteiger partial charge in [0.15, 0.2) is 0 Å². The number of rotatable bonds is 7. The first-order chi connectivity index (χ1) is 10.2. The minimum atomic E-state index is -0.595. The minimum Gasteiger partial charge on any atom is -0.491 e. The molecule has 0 bridgehead atoms. The molecule has 21 heavy (non-hydrogen) atoms. The highest BCUT2D eigenvalue weighted by atomic mass is 16.5. The molecule has 0 amide bonds. The fourth-order valence-electron chi connectivity index (χ4n) is 2.08. The van der Waals surface area contributed by atoms with E-state index < -0.39 is 6.10 Å². The molecule has 0 aliphatic carbocycles. The lowest BCUT2D eigenvalue weighted by Gasteiger charge is -2.11.